The summed E-state index contributed by atoms with van der Waals surface area (Å²) in [7, 11) is -0.584. The molecule has 0 spiro atoms. The van der Waals surface area contributed by atoms with E-state index in [2.05, 4.69) is 15.6 Å². The van der Waals surface area contributed by atoms with Crippen LogP contribution in [0.4, 0.5) is 0 Å². The lowest BCUT2D eigenvalue weighted by molar-refractivity contribution is 0.280. The molecule has 1 atom stereocenters. The lowest BCUT2D eigenvalue weighted by atomic mass is 10.7. The van der Waals surface area contributed by atoms with Crippen molar-refractivity contribution in [2.75, 3.05) is 13.7 Å². The molecule has 54 valence electrons. The zero-order valence-corrected chi connectivity index (χ0v) is 6.56. The van der Waals surface area contributed by atoms with Crippen LogP contribution < -0.4 is 6.15 Å². The average Bonchev–Trinajstić information content (AvgIpc) is 1.83. The maximum atomic E-state index is 10.2. The van der Waals surface area contributed by atoms with Gasteiger partial charge in [0.2, 0.25) is 0 Å². The minimum atomic E-state index is -1.91. The molecule has 5 heteroatoms. The molecule has 0 bridgehead atoms. The van der Waals surface area contributed by atoms with E-state index in [-0.39, 0.29) is 12.8 Å². The summed E-state index contributed by atoms with van der Waals surface area (Å²) >= 11 is 0. The number of quaternary nitrogens is 1. The summed E-state index contributed by atoms with van der Waals surface area (Å²) in [6.45, 7) is 3.62. The van der Waals surface area contributed by atoms with Gasteiger partial charge in [0, 0.05) is 4.57 Å². The molecule has 0 amide bonds. The van der Waals surface area contributed by atoms with Gasteiger partial charge >= 0.3 is 8.25 Å². The van der Waals surface area contributed by atoms with Crippen LogP contribution in [0, 0.1) is 0 Å². The highest BCUT2D eigenvalue weighted by atomic mass is 31.1. The largest absolute Gasteiger partial charge is 0.697 e. The van der Waals surface area contributed by atoms with Crippen LogP contribution in [0.1, 0.15) is 0 Å². The van der Waals surface area contributed by atoms with Crippen molar-refractivity contribution >= 4 is 8.25 Å². The fourth-order valence-electron chi connectivity index (χ4n) is 0.166. The Kier molecular flexibility index (Phi) is 9.87. The Morgan fingerprint density at radius 2 is 2.33 bits per heavy atom. The maximum Gasteiger partial charge on any atom is 0.697 e. The van der Waals surface area contributed by atoms with E-state index in [1.807, 2.05) is 0 Å². The second-order valence-electron chi connectivity index (χ2n) is 0.991. The van der Waals surface area contributed by atoms with E-state index in [0.29, 0.717) is 0 Å². The first-order chi connectivity index (χ1) is 3.81. The molecule has 0 aromatic carbocycles. The molecule has 0 aliphatic rings. The van der Waals surface area contributed by atoms with E-state index < -0.39 is 8.25 Å². The first kappa shape index (κ1) is 11.5. The van der Waals surface area contributed by atoms with E-state index in [4.69, 9.17) is 0 Å². The molecule has 0 aliphatic heterocycles. The highest BCUT2D eigenvalue weighted by Crippen LogP contribution is 2.20. The second kappa shape index (κ2) is 7.72. The molecular formula is C4H12NO3P+2. The van der Waals surface area contributed by atoms with Gasteiger partial charge in [0.25, 0.3) is 0 Å². The summed E-state index contributed by atoms with van der Waals surface area (Å²) in [6.07, 6.45) is 1.51. The molecule has 4 nitrogen and oxygen atoms in total. The van der Waals surface area contributed by atoms with Crippen LogP contribution in [0.15, 0.2) is 12.7 Å². The van der Waals surface area contributed by atoms with Crippen molar-refractivity contribution in [3.05, 3.63) is 12.7 Å². The lowest BCUT2D eigenvalue weighted by Crippen LogP contribution is -1.78. The number of rotatable bonds is 4. The van der Waals surface area contributed by atoms with Gasteiger partial charge in [-0.3, -0.25) is 0 Å². The van der Waals surface area contributed by atoms with Crippen LogP contribution >= 0.6 is 8.25 Å². The molecule has 0 saturated heterocycles. The highest BCUT2D eigenvalue weighted by Gasteiger charge is 2.13. The van der Waals surface area contributed by atoms with Gasteiger partial charge in [0.15, 0.2) is 0 Å². The Hall–Kier alpha value is -0.280. The third kappa shape index (κ3) is 7.72. The zero-order valence-electron chi connectivity index (χ0n) is 5.66. The molecule has 9 heavy (non-hydrogen) atoms. The van der Waals surface area contributed by atoms with Gasteiger partial charge in [0.05, 0.1) is 7.11 Å². The predicted molar refractivity (Wildman–Crippen MR) is 36.7 cm³/mol. The van der Waals surface area contributed by atoms with Gasteiger partial charge in [-0.05, 0) is 0 Å². The van der Waals surface area contributed by atoms with Gasteiger partial charge in [0.1, 0.15) is 6.61 Å². The second-order valence-corrected chi connectivity index (χ2v) is 2.06. The molecule has 0 fully saturated rings. The Balaban J connectivity index is 0. The average molecular weight is 153 g/mol. The van der Waals surface area contributed by atoms with E-state index in [0.717, 1.165) is 0 Å². The van der Waals surface area contributed by atoms with Gasteiger partial charge in [-0.1, -0.05) is 6.08 Å². The Morgan fingerprint density at radius 3 is 2.67 bits per heavy atom. The fraction of sp³-hybridized carbons (Fsp3) is 0.500. The molecule has 0 radical (unpaired) electrons. The van der Waals surface area contributed by atoms with Crippen LogP contribution in [0.2, 0.25) is 0 Å². The summed E-state index contributed by atoms with van der Waals surface area (Å²) in [6, 6.07) is 0. The molecule has 0 saturated carbocycles. The molecule has 0 aromatic heterocycles. The van der Waals surface area contributed by atoms with Gasteiger partial charge in [-0.15, -0.1) is 15.6 Å². The predicted octanol–water partition coefficient (Wildman–Crippen LogP) is 1.87. The third-order valence-electron chi connectivity index (χ3n) is 0.447. The highest BCUT2D eigenvalue weighted by molar-refractivity contribution is 7.33. The summed E-state index contributed by atoms with van der Waals surface area (Å²) in [4.78, 5) is 0. The zero-order chi connectivity index (χ0) is 6.41. The summed E-state index contributed by atoms with van der Waals surface area (Å²) in [5.41, 5.74) is 0. The molecule has 4 N–H and O–H groups in total. The molecule has 0 aliphatic carbocycles. The van der Waals surface area contributed by atoms with E-state index in [9.17, 15) is 4.57 Å². The van der Waals surface area contributed by atoms with Gasteiger partial charge in [-0.2, -0.15) is 0 Å². The minimum absolute atomic E-state index is 0. The minimum Gasteiger partial charge on any atom is -0.369 e. The maximum absolute atomic E-state index is 10.2. The van der Waals surface area contributed by atoms with Crippen molar-refractivity contribution in [1.82, 2.24) is 6.15 Å². The summed E-state index contributed by atoms with van der Waals surface area (Å²) < 4.78 is 19.0. The van der Waals surface area contributed by atoms with Crippen LogP contribution in [-0.4, -0.2) is 13.7 Å². The molecule has 0 rings (SSSR count). The topological polar surface area (TPSA) is 72.0 Å². The third-order valence-corrected chi connectivity index (χ3v) is 1.10. The molecule has 0 heterocycles. The van der Waals surface area contributed by atoms with Crippen molar-refractivity contribution in [3.8, 4) is 0 Å². The Labute approximate surface area is 55.4 Å². The SMILES string of the molecule is C=CCO[P+](=O)OC.[NH4+]. The van der Waals surface area contributed by atoms with Crippen LogP contribution in [0.25, 0.3) is 0 Å². The lowest BCUT2D eigenvalue weighted by Gasteiger charge is -1.76. The molecular weight excluding hydrogens is 141 g/mol. The summed E-state index contributed by atoms with van der Waals surface area (Å²) in [5, 5.41) is 0. The first-order valence-electron chi connectivity index (χ1n) is 2.06. The fourth-order valence-corrected chi connectivity index (χ4v) is 0.499. The molecule has 0 aromatic rings. The van der Waals surface area contributed by atoms with Crippen LogP contribution in [-0.2, 0) is 13.6 Å². The van der Waals surface area contributed by atoms with Gasteiger partial charge < -0.3 is 6.15 Å². The van der Waals surface area contributed by atoms with Gasteiger partial charge in [-0.25, -0.2) is 0 Å². The van der Waals surface area contributed by atoms with Crippen molar-refractivity contribution in [3.63, 3.8) is 0 Å². The van der Waals surface area contributed by atoms with Crippen molar-refractivity contribution < 1.29 is 13.6 Å². The summed E-state index contributed by atoms with van der Waals surface area (Å²) in [5.74, 6) is 0. The smallest absolute Gasteiger partial charge is 0.369 e. The van der Waals surface area contributed by atoms with E-state index in [1.165, 1.54) is 13.2 Å². The normalized spacial score (nSPS) is 9.67. The standard InChI is InChI=1S/C4H8O3P.H3N/c1-3-4-7-8(5)6-2;/h3H,1,4H2,2H3;1H3/q+1;/p+1. The van der Waals surface area contributed by atoms with Crippen molar-refractivity contribution in [1.29, 1.82) is 0 Å². The van der Waals surface area contributed by atoms with Crippen LogP contribution in [0.5, 0.6) is 0 Å². The van der Waals surface area contributed by atoms with E-state index >= 15 is 0 Å². The van der Waals surface area contributed by atoms with Crippen molar-refractivity contribution in [2.24, 2.45) is 0 Å². The number of hydrogen-bond donors (Lipinski definition) is 1. The van der Waals surface area contributed by atoms with Crippen LogP contribution in [0.3, 0.4) is 0 Å². The monoisotopic (exact) mass is 153 g/mol. The van der Waals surface area contributed by atoms with Crippen molar-refractivity contribution in [2.45, 2.75) is 0 Å². The first-order valence-corrected chi connectivity index (χ1v) is 3.16. The quantitative estimate of drug-likeness (QED) is 0.495. The Morgan fingerprint density at radius 1 is 1.78 bits per heavy atom. The Bertz CT molecular complexity index is 95.8. The number of hydrogen-bond acceptors (Lipinski definition) is 3. The van der Waals surface area contributed by atoms with E-state index in [1.54, 1.807) is 0 Å². The molecule has 1 unspecified atom stereocenters.